The molecule has 28 heavy (non-hydrogen) atoms. The fraction of sp³-hybridized carbons (Fsp3) is 0.273. The van der Waals surface area contributed by atoms with Crippen LogP contribution in [-0.4, -0.2) is 36.4 Å². The molecule has 5 nitrogen and oxygen atoms in total. The number of likely N-dealkylation sites (N-methyl/N-ethyl adjacent to an activating group) is 1. The number of hydrogen-bond donors (Lipinski definition) is 1. The number of benzene rings is 1. The van der Waals surface area contributed by atoms with Crippen molar-refractivity contribution in [3.05, 3.63) is 77.4 Å². The molecule has 3 rings (SSSR count). The number of aromatic nitrogens is 1. The Morgan fingerprint density at radius 3 is 2.71 bits per heavy atom. The number of furan rings is 1. The highest BCUT2D eigenvalue weighted by atomic mass is 32.2. The van der Waals surface area contributed by atoms with Crippen molar-refractivity contribution in [3.63, 3.8) is 0 Å². The van der Waals surface area contributed by atoms with E-state index in [1.165, 1.54) is 22.9 Å². The molecule has 0 spiro atoms. The number of nitrogens with one attached hydrogen (secondary N) is 1. The maximum atomic E-state index is 12.9. The van der Waals surface area contributed by atoms with E-state index in [-0.39, 0.29) is 11.9 Å². The van der Waals surface area contributed by atoms with Gasteiger partial charge in [-0.05, 0) is 63.8 Å². The van der Waals surface area contributed by atoms with E-state index >= 15 is 0 Å². The molecule has 2 heterocycles. The zero-order chi connectivity index (χ0) is 20.1. The van der Waals surface area contributed by atoms with E-state index < -0.39 is 0 Å². The smallest absolute Gasteiger partial charge is 0.254 e. The first-order chi connectivity index (χ1) is 13.5. The van der Waals surface area contributed by atoms with Crippen LogP contribution in [0.15, 0.2) is 69.3 Å². The summed E-state index contributed by atoms with van der Waals surface area (Å²) in [5, 5.41) is 3.72. The number of aryl methyl sites for hydroxylation is 2. The van der Waals surface area contributed by atoms with Crippen molar-refractivity contribution in [3.8, 4) is 0 Å². The Morgan fingerprint density at radius 1 is 1.21 bits per heavy atom. The number of carbonyl (C=O) groups excluding carboxylic acids is 1. The van der Waals surface area contributed by atoms with Crippen LogP contribution in [0.5, 0.6) is 0 Å². The summed E-state index contributed by atoms with van der Waals surface area (Å²) in [6, 6.07) is 13.6. The summed E-state index contributed by atoms with van der Waals surface area (Å²) in [6.45, 7) is 4.59. The highest BCUT2D eigenvalue weighted by molar-refractivity contribution is 7.99. The lowest BCUT2D eigenvalue weighted by Crippen LogP contribution is -2.34. The molecule has 1 N–H and O–H groups in total. The van der Waals surface area contributed by atoms with E-state index in [0.29, 0.717) is 17.1 Å². The fourth-order valence-corrected chi connectivity index (χ4v) is 3.91. The van der Waals surface area contributed by atoms with Gasteiger partial charge in [-0.2, -0.15) is 0 Å². The van der Waals surface area contributed by atoms with Crippen LogP contribution < -0.4 is 5.32 Å². The lowest BCUT2D eigenvalue weighted by molar-refractivity contribution is 0.0935. The molecule has 3 aromatic rings. The number of amides is 1. The monoisotopic (exact) mass is 395 g/mol. The van der Waals surface area contributed by atoms with E-state index in [4.69, 9.17) is 4.42 Å². The first-order valence-electron chi connectivity index (χ1n) is 9.14. The van der Waals surface area contributed by atoms with Gasteiger partial charge in [0, 0.05) is 17.6 Å². The maximum absolute atomic E-state index is 12.9. The maximum Gasteiger partial charge on any atom is 0.254 e. The van der Waals surface area contributed by atoms with E-state index in [1.807, 2.05) is 37.2 Å². The number of carbonyl (C=O) groups is 1. The van der Waals surface area contributed by atoms with Crippen molar-refractivity contribution < 1.29 is 9.21 Å². The largest absolute Gasteiger partial charge is 0.468 e. The highest BCUT2D eigenvalue weighted by Crippen LogP contribution is 2.31. The predicted molar refractivity (Wildman–Crippen MR) is 112 cm³/mol. The molecule has 6 heteroatoms. The molecule has 0 aliphatic heterocycles. The van der Waals surface area contributed by atoms with Crippen LogP contribution in [0.2, 0.25) is 0 Å². The van der Waals surface area contributed by atoms with Crippen LogP contribution in [0.4, 0.5) is 0 Å². The Morgan fingerprint density at radius 2 is 2.04 bits per heavy atom. The minimum Gasteiger partial charge on any atom is -0.468 e. The molecule has 1 unspecified atom stereocenters. The van der Waals surface area contributed by atoms with Crippen molar-refractivity contribution >= 4 is 17.7 Å². The van der Waals surface area contributed by atoms with E-state index in [2.05, 4.69) is 42.3 Å². The number of hydrogen-bond acceptors (Lipinski definition) is 5. The molecule has 0 radical (unpaired) electrons. The van der Waals surface area contributed by atoms with Crippen LogP contribution in [0.1, 0.15) is 33.3 Å². The average Bonchev–Trinajstić information content (AvgIpc) is 3.18. The van der Waals surface area contributed by atoms with Crippen LogP contribution in [-0.2, 0) is 0 Å². The molecule has 2 aromatic heterocycles. The van der Waals surface area contributed by atoms with Gasteiger partial charge in [0.25, 0.3) is 5.91 Å². The number of pyridine rings is 1. The fourth-order valence-electron chi connectivity index (χ4n) is 2.97. The second kappa shape index (κ2) is 9.08. The first kappa shape index (κ1) is 20.2. The van der Waals surface area contributed by atoms with Gasteiger partial charge in [0.15, 0.2) is 0 Å². The zero-order valence-corrected chi connectivity index (χ0v) is 17.4. The molecular weight excluding hydrogens is 370 g/mol. The third-order valence-electron chi connectivity index (χ3n) is 4.50. The SMILES string of the molecule is Cc1ccc(Sc2ncccc2C(=O)NCC(c2ccco2)N(C)C)c(C)c1. The van der Waals surface area contributed by atoms with Gasteiger partial charge in [0.2, 0.25) is 0 Å². The average molecular weight is 396 g/mol. The third-order valence-corrected chi connectivity index (χ3v) is 5.70. The topological polar surface area (TPSA) is 58.4 Å². The van der Waals surface area contributed by atoms with Crippen LogP contribution >= 0.6 is 11.8 Å². The molecule has 146 valence electrons. The highest BCUT2D eigenvalue weighted by Gasteiger charge is 2.20. The number of nitrogens with zero attached hydrogens (tertiary/aromatic N) is 2. The minimum absolute atomic E-state index is 0.0360. The van der Waals surface area contributed by atoms with Gasteiger partial charge in [0.05, 0.1) is 17.9 Å². The van der Waals surface area contributed by atoms with Crippen molar-refractivity contribution in [1.29, 1.82) is 0 Å². The summed E-state index contributed by atoms with van der Waals surface area (Å²) in [7, 11) is 3.93. The molecule has 0 saturated carbocycles. The van der Waals surface area contributed by atoms with Gasteiger partial charge < -0.3 is 9.73 Å². The van der Waals surface area contributed by atoms with Crippen molar-refractivity contribution in [2.24, 2.45) is 0 Å². The summed E-state index contributed by atoms with van der Waals surface area (Å²) in [4.78, 5) is 20.4. The molecule has 0 saturated heterocycles. The van der Waals surface area contributed by atoms with Gasteiger partial charge >= 0.3 is 0 Å². The zero-order valence-electron chi connectivity index (χ0n) is 16.6. The van der Waals surface area contributed by atoms with Gasteiger partial charge in [0.1, 0.15) is 10.8 Å². The summed E-state index contributed by atoms with van der Waals surface area (Å²) in [6.07, 6.45) is 3.36. The van der Waals surface area contributed by atoms with Crippen LogP contribution in [0.3, 0.4) is 0 Å². The Bertz CT molecular complexity index is 939. The molecule has 0 aliphatic carbocycles. The Kier molecular flexibility index (Phi) is 6.54. The lowest BCUT2D eigenvalue weighted by Gasteiger charge is -2.22. The number of rotatable bonds is 7. The Labute approximate surface area is 170 Å². The molecule has 1 atom stereocenters. The second-order valence-electron chi connectivity index (χ2n) is 6.93. The van der Waals surface area contributed by atoms with E-state index in [9.17, 15) is 4.79 Å². The summed E-state index contributed by atoms with van der Waals surface area (Å²) in [5.74, 6) is 0.681. The minimum atomic E-state index is -0.140. The van der Waals surface area contributed by atoms with Crippen molar-refractivity contribution in [2.75, 3.05) is 20.6 Å². The Balaban J connectivity index is 1.75. The van der Waals surface area contributed by atoms with Gasteiger partial charge in [-0.25, -0.2) is 4.98 Å². The standard InChI is InChI=1S/C22H25N3O2S/c1-15-9-10-20(16(2)13-15)28-22-17(7-5-11-23-22)21(26)24-14-18(25(3)4)19-8-6-12-27-19/h5-13,18H,14H2,1-4H3,(H,24,26). The normalized spacial score (nSPS) is 12.2. The summed E-state index contributed by atoms with van der Waals surface area (Å²) in [5.41, 5.74) is 2.96. The molecule has 1 amide bonds. The van der Waals surface area contributed by atoms with E-state index in [0.717, 1.165) is 10.7 Å². The summed E-state index contributed by atoms with van der Waals surface area (Å²) >= 11 is 1.52. The molecule has 1 aromatic carbocycles. The quantitative estimate of drug-likeness (QED) is 0.639. The molecule has 0 aliphatic rings. The molecular formula is C22H25N3O2S. The second-order valence-corrected chi connectivity index (χ2v) is 7.96. The molecule has 0 fully saturated rings. The van der Waals surface area contributed by atoms with Crippen molar-refractivity contribution in [1.82, 2.24) is 15.2 Å². The summed E-state index contributed by atoms with van der Waals surface area (Å²) < 4.78 is 5.51. The predicted octanol–water partition coefficient (Wildman–Crippen LogP) is 4.48. The van der Waals surface area contributed by atoms with Crippen molar-refractivity contribution in [2.45, 2.75) is 29.8 Å². The third kappa shape index (κ3) is 4.82. The van der Waals surface area contributed by atoms with Crippen LogP contribution in [0.25, 0.3) is 0 Å². The molecule has 0 bridgehead atoms. The van der Waals surface area contributed by atoms with E-state index in [1.54, 1.807) is 18.5 Å². The lowest BCUT2D eigenvalue weighted by atomic mass is 10.2. The van der Waals surface area contributed by atoms with Crippen LogP contribution in [0, 0.1) is 13.8 Å². The van der Waals surface area contributed by atoms with Gasteiger partial charge in [-0.3, -0.25) is 9.69 Å². The van der Waals surface area contributed by atoms with Gasteiger partial charge in [-0.1, -0.05) is 29.5 Å². The first-order valence-corrected chi connectivity index (χ1v) is 9.95. The van der Waals surface area contributed by atoms with Gasteiger partial charge in [-0.15, -0.1) is 0 Å². The Hall–Kier alpha value is -2.57.